The molecule has 4 N–H and O–H groups in total. The van der Waals surface area contributed by atoms with E-state index in [1.54, 1.807) is 0 Å². The largest absolute Gasteiger partial charge is 0.480 e. The molecule has 1 saturated heterocycles. The zero-order chi connectivity index (χ0) is 29.2. The van der Waals surface area contributed by atoms with Gasteiger partial charge in [0.25, 0.3) is 11.8 Å². The minimum Gasteiger partial charge on any atom is -0.480 e. The Bertz CT molecular complexity index is 1770. The molecule has 0 spiro atoms. The Hall–Kier alpha value is -4.32. The Balaban J connectivity index is 1.44. The molecular formula is C30H23ClF2N4O5. The summed E-state index contributed by atoms with van der Waals surface area (Å²) in [4.78, 5) is 20.9. The number of aromatic nitrogens is 2. The molecule has 0 aliphatic carbocycles. The van der Waals surface area contributed by atoms with Gasteiger partial charge in [-0.25, -0.2) is 18.7 Å². The molecule has 12 heteroatoms. The van der Waals surface area contributed by atoms with E-state index in [0.29, 0.717) is 5.56 Å². The van der Waals surface area contributed by atoms with Gasteiger partial charge < -0.3 is 30.4 Å². The zero-order valence-electron chi connectivity index (χ0n) is 21.9. The molecule has 214 valence electrons. The van der Waals surface area contributed by atoms with Crippen LogP contribution in [0.1, 0.15) is 40.0 Å². The van der Waals surface area contributed by atoms with E-state index in [9.17, 15) is 9.90 Å². The lowest BCUT2D eigenvalue weighted by molar-refractivity contribution is 0.0539. The number of rotatable bonds is 5. The maximum Gasteiger partial charge on any atom is 0.284 e. The monoisotopic (exact) mass is 592 g/mol. The van der Waals surface area contributed by atoms with E-state index >= 15 is 8.78 Å². The van der Waals surface area contributed by atoms with Crippen LogP contribution in [0.25, 0.3) is 11.1 Å². The SMILES string of the molecule is NC(=O)c1cc2c(c(F)c1-c1c(Cl)c(F)cc3c1C[C@](c1ccccc1)([C@@H]1CCCN1)O3)Oc1nc(CO)cnc1O2. The Labute approximate surface area is 243 Å². The Morgan fingerprint density at radius 2 is 1.95 bits per heavy atom. The fourth-order valence-corrected chi connectivity index (χ4v) is 6.31. The molecule has 1 amide bonds. The number of nitrogens with one attached hydrogen (secondary N) is 1. The van der Waals surface area contributed by atoms with Crippen molar-refractivity contribution in [3.8, 4) is 40.1 Å². The van der Waals surface area contributed by atoms with Gasteiger partial charge in [-0.3, -0.25) is 4.79 Å². The van der Waals surface area contributed by atoms with Crippen molar-refractivity contribution in [1.82, 2.24) is 15.3 Å². The highest BCUT2D eigenvalue weighted by Gasteiger charge is 2.50. The summed E-state index contributed by atoms with van der Waals surface area (Å²) in [5.41, 5.74) is 5.49. The molecule has 42 heavy (non-hydrogen) atoms. The number of hydrogen-bond acceptors (Lipinski definition) is 8. The van der Waals surface area contributed by atoms with E-state index in [-0.39, 0.29) is 58.1 Å². The summed E-state index contributed by atoms with van der Waals surface area (Å²) in [6.07, 6.45) is 3.20. The van der Waals surface area contributed by atoms with Gasteiger partial charge >= 0.3 is 0 Å². The van der Waals surface area contributed by atoms with Crippen molar-refractivity contribution in [3.63, 3.8) is 0 Å². The highest BCUT2D eigenvalue weighted by Crippen LogP contribution is 2.54. The van der Waals surface area contributed by atoms with Gasteiger partial charge in [0, 0.05) is 29.2 Å². The first-order chi connectivity index (χ1) is 20.3. The number of carbonyl (C=O) groups is 1. The van der Waals surface area contributed by atoms with Crippen LogP contribution in [-0.2, 0) is 18.6 Å². The van der Waals surface area contributed by atoms with E-state index < -0.39 is 40.5 Å². The quantitative estimate of drug-likeness (QED) is 0.256. The summed E-state index contributed by atoms with van der Waals surface area (Å²) in [7, 11) is 0. The maximum absolute atomic E-state index is 16.6. The summed E-state index contributed by atoms with van der Waals surface area (Å²) in [5.74, 6) is -3.64. The third kappa shape index (κ3) is 3.99. The molecule has 9 nitrogen and oxygen atoms in total. The molecule has 1 fully saturated rings. The third-order valence-electron chi connectivity index (χ3n) is 7.93. The number of aliphatic hydroxyl groups excluding tert-OH is 1. The van der Waals surface area contributed by atoms with Gasteiger partial charge in [0.1, 0.15) is 11.6 Å². The van der Waals surface area contributed by atoms with Crippen LogP contribution in [0.3, 0.4) is 0 Å². The molecule has 4 aromatic rings. The molecule has 2 atom stereocenters. The van der Waals surface area contributed by atoms with Crippen LogP contribution in [0, 0.1) is 11.6 Å². The average Bonchev–Trinajstić information content (AvgIpc) is 3.67. The van der Waals surface area contributed by atoms with Crippen molar-refractivity contribution < 1.29 is 32.9 Å². The van der Waals surface area contributed by atoms with Gasteiger partial charge in [0.2, 0.25) is 11.7 Å². The first-order valence-corrected chi connectivity index (χ1v) is 13.7. The Morgan fingerprint density at radius 1 is 1.14 bits per heavy atom. The molecule has 1 aromatic heterocycles. The number of halogens is 3. The lowest BCUT2D eigenvalue weighted by atomic mass is 9.80. The van der Waals surface area contributed by atoms with E-state index in [4.69, 9.17) is 31.5 Å². The first kappa shape index (κ1) is 26.6. The number of carbonyl (C=O) groups excluding carboxylic acids is 1. The molecule has 3 aromatic carbocycles. The van der Waals surface area contributed by atoms with Crippen LogP contribution in [0.5, 0.6) is 29.0 Å². The number of ether oxygens (including phenoxy) is 3. The highest BCUT2D eigenvalue weighted by atomic mass is 35.5. The number of nitrogens with two attached hydrogens (primary N) is 1. The second kappa shape index (κ2) is 9.90. The summed E-state index contributed by atoms with van der Waals surface area (Å²) in [6, 6.07) is 11.8. The van der Waals surface area contributed by atoms with E-state index in [2.05, 4.69) is 15.3 Å². The lowest BCUT2D eigenvalue weighted by Crippen LogP contribution is -2.48. The first-order valence-electron chi connectivity index (χ1n) is 13.3. The van der Waals surface area contributed by atoms with Gasteiger partial charge in [-0.05, 0) is 31.0 Å². The molecule has 3 aliphatic heterocycles. The molecule has 0 bridgehead atoms. The predicted molar refractivity (Wildman–Crippen MR) is 147 cm³/mol. The Morgan fingerprint density at radius 3 is 2.67 bits per heavy atom. The molecule has 7 rings (SSSR count). The normalized spacial score (nSPS) is 20.1. The molecule has 0 saturated carbocycles. The fourth-order valence-electron chi connectivity index (χ4n) is 6.05. The van der Waals surface area contributed by atoms with Gasteiger partial charge in [0.15, 0.2) is 17.2 Å². The highest BCUT2D eigenvalue weighted by molar-refractivity contribution is 6.34. The van der Waals surface area contributed by atoms with Crippen LogP contribution >= 0.6 is 11.6 Å². The van der Waals surface area contributed by atoms with Gasteiger partial charge in [-0.1, -0.05) is 41.9 Å². The van der Waals surface area contributed by atoms with Crippen LogP contribution in [0.15, 0.2) is 48.7 Å². The van der Waals surface area contributed by atoms with Crippen LogP contribution in [-0.4, -0.2) is 33.6 Å². The van der Waals surface area contributed by atoms with E-state index in [1.165, 1.54) is 18.3 Å². The number of aliphatic hydroxyl groups is 1. The van der Waals surface area contributed by atoms with Crippen molar-refractivity contribution >= 4 is 17.5 Å². The predicted octanol–water partition coefficient (Wildman–Crippen LogP) is 5.15. The molecule has 0 unspecified atom stereocenters. The van der Waals surface area contributed by atoms with Crippen molar-refractivity contribution in [2.24, 2.45) is 5.73 Å². The summed E-state index contributed by atoms with van der Waals surface area (Å²) in [5, 5.41) is 12.5. The maximum atomic E-state index is 16.6. The molecular weight excluding hydrogens is 570 g/mol. The Kier molecular flexibility index (Phi) is 6.26. The van der Waals surface area contributed by atoms with Crippen molar-refractivity contribution in [2.75, 3.05) is 6.54 Å². The second-order valence-corrected chi connectivity index (χ2v) is 10.7. The minimum absolute atomic E-state index is 0.0684. The number of amides is 1. The van der Waals surface area contributed by atoms with Crippen molar-refractivity contribution in [3.05, 3.63) is 87.7 Å². The van der Waals surface area contributed by atoms with Gasteiger partial charge in [-0.15, -0.1) is 0 Å². The number of nitrogens with zero attached hydrogens (tertiary/aromatic N) is 2. The number of hydrogen-bond donors (Lipinski definition) is 3. The summed E-state index contributed by atoms with van der Waals surface area (Å²) >= 11 is 6.58. The number of primary amides is 1. The standard InChI is InChI=1S/C30H23ClF2N4O5/c31-24-18(32)10-19-17(11-30(42-19,21-7-4-8-35-21)14-5-2-1-3-6-14)22(24)23-16(27(34)39)9-20-26(25(23)33)41-29-28(40-20)36-12-15(13-38)37-29/h1-3,5-6,9-10,12,21,35,38H,4,7-8,11,13H2,(H2,34,39)/t21-,30-/m0/s1. The third-order valence-corrected chi connectivity index (χ3v) is 8.30. The number of benzene rings is 3. The van der Waals surface area contributed by atoms with Crippen LogP contribution in [0.2, 0.25) is 5.02 Å². The molecule has 0 radical (unpaired) electrons. The summed E-state index contributed by atoms with van der Waals surface area (Å²) < 4.78 is 50.0. The van der Waals surface area contributed by atoms with Gasteiger partial charge in [0.05, 0.1) is 35.1 Å². The van der Waals surface area contributed by atoms with Crippen LogP contribution < -0.4 is 25.3 Å². The lowest BCUT2D eigenvalue weighted by Gasteiger charge is -2.35. The van der Waals surface area contributed by atoms with Crippen LogP contribution in [0.4, 0.5) is 8.78 Å². The minimum atomic E-state index is -1.06. The van der Waals surface area contributed by atoms with Gasteiger partial charge in [-0.2, -0.15) is 0 Å². The fraction of sp³-hybridized carbons (Fsp3) is 0.233. The molecule has 3 aliphatic rings. The second-order valence-electron chi connectivity index (χ2n) is 10.3. The zero-order valence-corrected chi connectivity index (χ0v) is 22.7. The number of fused-ring (bicyclic) bond motifs is 3. The smallest absolute Gasteiger partial charge is 0.284 e. The summed E-state index contributed by atoms with van der Waals surface area (Å²) in [6.45, 7) is 0.348. The van der Waals surface area contributed by atoms with E-state index in [0.717, 1.165) is 24.9 Å². The topological polar surface area (TPSA) is 129 Å². The van der Waals surface area contributed by atoms with Crippen molar-refractivity contribution in [1.29, 1.82) is 0 Å². The van der Waals surface area contributed by atoms with E-state index in [1.807, 2.05) is 30.3 Å². The average molecular weight is 593 g/mol. The van der Waals surface area contributed by atoms with Crippen molar-refractivity contribution in [2.45, 2.75) is 37.5 Å². The molecule has 4 heterocycles.